The van der Waals surface area contributed by atoms with Crippen molar-refractivity contribution in [2.24, 2.45) is 11.3 Å². The molecule has 0 bridgehead atoms. The van der Waals surface area contributed by atoms with Gasteiger partial charge in [-0.2, -0.15) is 0 Å². The van der Waals surface area contributed by atoms with E-state index in [1.165, 1.54) is 11.1 Å². The van der Waals surface area contributed by atoms with Gasteiger partial charge in [0.2, 0.25) is 5.91 Å². The van der Waals surface area contributed by atoms with Crippen molar-refractivity contribution >= 4 is 18.0 Å². The number of carboxylic acid groups (broad SMARTS) is 1. The molecule has 1 aromatic rings. The molecule has 4 rings (SSSR count). The van der Waals surface area contributed by atoms with E-state index in [0.717, 1.165) is 45.3 Å². The molecule has 5 nitrogen and oxygen atoms in total. The van der Waals surface area contributed by atoms with E-state index in [2.05, 4.69) is 42.2 Å². The van der Waals surface area contributed by atoms with Crippen LogP contribution < -0.4 is 0 Å². The van der Waals surface area contributed by atoms with Crippen LogP contribution in [0.1, 0.15) is 44.6 Å². The van der Waals surface area contributed by atoms with Gasteiger partial charge in [0.25, 0.3) is 0 Å². The highest BCUT2D eigenvalue weighted by Gasteiger charge is 2.51. The molecule has 1 amide bonds. The minimum Gasteiger partial charge on any atom is -0.480 e. The lowest BCUT2D eigenvalue weighted by molar-refractivity contribution is -0.148. The van der Waals surface area contributed by atoms with E-state index in [1.807, 2.05) is 6.07 Å². The number of nitrogens with zero attached hydrogens (tertiary/aromatic N) is 2. The van der Waals surface area contributed by atoms with E-state index < -0.39 is 12.0 Å². The fraction of sp³-hybridized carbons (Fsp3) is 0.565. The number of likely N-dealkylation sites (tertiary alicyclic amines) is 2. The average molecular weight is 383 g/mol. The number of piperidine rings is 1. The number of benzene rings is 1. The van der Waals surface area contributed by atoms with Crippen LogP contribution in [0.25, 0.3) is 6.08 Å². The average Bonchev–Trinajstić information content (AvgIpc) is 3.46. The van der Waals surface area contributed by atoms with Crippen LogP contribution in [-0.4, -0.2) is 59.0 Å². The summed E-state index contributed by atoms with van der Waals surface area (Å²) in [7, 11) is 0. The molecule has 1 atom stereocenters. The van der Waals surface area contributed by atoms with Crippen molar-refractivity contribution in [2.45, 2.75) is 45.1 Å². The number of amides is 1. The maximum atomic E-state index is 12.6. The molecule has 3 aliphatic rings. The van der Waals surface area contributed by atoms with Gasteiger partial charge in [-0.1, -0.05) is 42.0 Å². The third kappa shape index (κ3) is 4.14. The summed E-state index contributed by atoms with van der Waals surface area (Å²) in [4.78, 5) is 28.5. The zero-order valence-electron chi connectivity index (χ0n) is 16.6. The van der Waals surface area contributed by atoms with Crippen molar-refractivity contribution in [3.63, 3.8) is 0 Å². The summed E-state index contributed by atoms with van der Waals surface area (Å²) in [6.45, 7) is 5.68. The minimum absolute atomic E-state index is 0.0127. The SMILES string of the molecule is C/C(=C\c1ccccc1)CN1CCC2(CC1)CC(C(=O)O)N(C(=O)C1CC1)C2. The Balaban J connectivity index is 1.36. The number of rotatable bonds is 5. The standard InChI is InChI=1S/C23H30N2O3/c1-17(13-18-5-3-2-4-6-18)15-24-11-9-23(10-12-24)14-20(22(27)28)25(16-23)21(26)19-7-8-19/h2-6,13,19-20H,7-12,14-16H2,1H3,(H,27,28)/b17-13+. The molecule has 5 heteroatoms. The van der Waals surface area contributed by atoms with Gasteiger partial charge >= 0.3 is 5.97 Å². The molecule has 1 saturated carbocycles. The summed E-state index contributed by atoms with van der Waals surface area (Å²) in [6, 6.07) is 9.74. The summed E-state index contributed by atoms with van der Waals surface area (Å²) < 4.78 is 0. The van der Waals surface area contributed by atoms with Crippen molar-refractivity contribution in [3.05, 3.63) is 41.5 Å². The molecular formula is C23H30N2O3. The van der Waals surface area contributed by atoms with Crippen molar-refractivity contribution in [3.8, 4) is 0 Å². The number of carboxylic acids is 1. The summed E-state index contributed by atoms with van der Waals surface area (Å²) in [6.07, 6.45) is 6.66. The van der Waals surface area contributed by atoms with Gasteiger partial charge in [-0.3, -0.25) is 9.69 Å². The van der Waals surface area contributed by atoms with Crippen molar-refractivity contribution in [2.75, 3.05) is 26.2 Å². The van der Waals surface area contributed by atoms with Gasteiger partial charge in [0.15, 0.2) is 0 Å². The predicted molar refractivity (Wildman–Crippen MR) is 109 cm³/mol. The Morgan fingerprint density at radius 3 is 2.46 bits per heavy atom. The van der Waals surface area contributed by atoms with Gasteiger partial charge in [0, 0.05) is 19.0 Å². The number of aliphatic carboxylic acids is 1. The molecule has 2 heterocycles. The second-order valence-electron chi connectivity index (χ2n) is 8.98. The smallest absolute Gasteiger partial charge is 0.326 e. The lowest BCUT2D eigenvalue weighted by Gasteiger charge is -2.39. The zero-order valence-corrected chi connectivity index (χ0v) is 16.6. The lowest BCUT2D eigenvalue weighted by atomic mass is 9.76. The fourth-order valence-corrected chi connectivity index (χ4v) is 4.85. The minimum atomic E-state index is -0.838. The molecule has 1 aromatic carbocycles. The van der Waals surface area contributed by atoms with E-state index in [1.54, 1.807) is 4.90 Å². The van der Waals surface area contributed by atoms with Crippen LogP contribution in [0.3, 0.4) is 0 Å². The largest absolute Gasteiger partial charge is 0.480 e. The second-order valence-corrected chi connectivity index (χ2v) is 8.98. The number of hydrogen-bond donors (Lipinski definition) is 1. The van der Waals surface area contributed by atoms with Crippen LogP contribution in [0.5, 0.6) is 0 Å². The number of carbonyl (C=O) groups excluding carboxylic acids is 1. The normalized spacial score (nSPS) is 25.2. The van der Waals surface area contributed by atoms with Gasteiger partial charge in [-0.25, -0.2) is 4.79 Å². The molecule has 2 saturated heterocycles. The van der Waals surface area contributed by atoms with Gasteiger partial charge in [-0.15, -0.1) is 0 Å². The molecule has 1 aliphatic carbocycles. The summed E-state index contributed by atoms with van der Waals surface area (Å²) in [5.74, 6) is -0.675. The van der Waals surface area contributed by atoms with Gasteiger partial charge in [0.1, 0.15) is 6.04 Å². The van der Waals surface area contributed by atoms with E-state index >= 15 is 0 Å². The molecule has 1 unspecified atom stereocenters. The molecule has 1 N–H and O–H groups in total. The third-order valence-electron chi connectivity index (χ3n) is 6.61. The fourth-order valence-electron chi connectivity index (χ4n) is 4.85. The van der Waals surface area contributed by atoms with Crippen molar-refractivity contribution < 1.29 is 14.7 Å². The Labute approximate surface area is 167 Å². The van der Waals surface area contributed by atoms with E-state index in [4.69, 9.17) is 0 Å². The molecule has 0 radical (unpaired) electrons. The molecule has 150 valence electrons. The number of hydrogen-bond acceptors (Lipinski definition) is 3. The topological polar surface area (TPSA) is 60.9 Å². The van der Waals surface area contributed by atoms with Crippen molar-refractivity contribution in [1.82, 2.24) is 9.80 Å². The first-order chi connectivity index (χ1) is 13.5. The van der Waals surface area contributed by atoms with Crippen LogP contribution in [0.4, 0.5) is 0 Å². The molecule has 3 fully saturated rings. The van der Waals surface area contributed by atoms with E-state index in [9.17, 15) is 14.7 Å². The Morgan fingerprint density at radius 2 is 1.86 bits per heavy atom. The van der Waals surface area contributed by atoms with Crippen LogP contribution in [-0.2, 0) is 9.59 Å². The highest BCUT2D eigenvalue weighted by Crippen LogP contribution is 2.45. The Kier molecular flexibility index (Phi) is 5.28. The number of carbonyl (C=O) groups is 2. The van der Waals surface area contributed by atoms with Gasteiger partial charge in [-0.05, 0) is 63.1 Å². The van der Waals surface area contributed by atoms with Crippen molar-refractivity contribution in [1.29, 1.82) is 0 Å². The van der Waals surface area contributed by atoms with Crippen LogP contribution in [0.15, 0.2) is 35.9 Å². The third-order valence-corrected chi connectivity index (χ3v) is 6.61. The molecule has 1 spiro atoms. The Morgan fingerprint density at radius 1 is 1.18 bits per heavy atom. The quantitative estimate of drug-likeness (QED) is 0.849. The summed E-state index contributed by atoms with van der Waals surface area (Å²) in [5.41, 5.74) is 2.55. The zero-order chi connectivity index (χ0) is 19.7. The van der Waals surface area contributed by atoms with Crippen LogP contribution >= 0.6 is 0 Å². The highest BCUT2D eigenvalue weighted by molar-refractivity contribution is 5.87. The first kappa shape index (κ1) is 19.2. The maximum Gasteiger partial charge on any atom is 0.326 e. The predicted octanol–water partition coefficient (Wildman–Crippen LogP) is 3.27. The molecule has 28 heavy (non-hydrogen) atoms. The summed E-state index contributed by atoms with van der Waals surface area (Å²) >= 11 is 0. The molecular weight excluding hydrogens is 352 g/mol. The maximum absolute atomic E-state index is 12.6. The van der Waals surface area contributed by atoms with Crippen LogP contribution in [0, 0.1) is 11.3 Å². The van der Waals surface area contributed by atoms with Gasteiger partial charge in [0.05, 0.1) is 0 Å². The first-order valence-corrected chi connectivity index (χ1v) is 10.4. The first-order valence-electron chi connectivity index (χ1n) is 10.4. The Hall–Kier alpha value is -2.14. The van der Waals surface area contributed by atoms with E-state index in [-0.39, 0.29) is 17.2 Å². The van der Waals surface area contributed by atoms with Gasteiger partial charge < -0.3 is 10.0 Å². The Bertz CT molecular complexity index is 761. The lowest BCUT2D eigenvalue weighted by Crippen LogP contribution is -2.43. The summed E-state index contributed by atoms with van der Waals surface area (Å²) in [5, 5.41) is 9.65. The van der Waals surface area contributed by atoms with Crippen LogP contribution in [0.2, 0.25) is 0 Å². The molecule has 0 aromatic heterocycles. The van der Waals surface area contributed by atoms with E-state index in [0.29, 0.717) is 13.0 Å². The second kappa shape index (κ2) is 7.70. The molecule has 2 aliphatic heterocycles. The highest BCUT2D eigenvalue weighted by atomic mass is 16.4. The monoisotopic (exact) mass is 382 g/mol.